The van der Waals surface area contributed by atoms with Crippen molar-refractivity contribution in [2.75, 3.05) is 26.4 Å². The molecule has 0 spiro atoms. The number of hydrogen-bond donors (Lipinski definition) is 2. The number of benzene rings is 1. The Kier molecular flexibility index (Phi) is 10.5. The minimum atomic E-state index is -1.38. The fraction of sp³-hybridized carbons (Fsp3) is 0.364. The lowest BCUT2D eigenvalue weighted by Gasteiger charge is -2.23. The Balaban J connectivity index is 2.36. The average molecular weight is 448 g/mol. The summed E-state index contributed by atoms with van der Waals surface area (Å²) in [6.45, 7) is 11.5. The maximum atomic E-state index is 12.6. The SMILES string of the molecule is C=CNC(=O)OC(C)(C)C(=O)c1ccc(OCCOC(=O)NCCOC(=O)C(=C)C)cc1. The molecule has 1 rings (SSSR count). The van der Waals surface area contributed by atoms with Gasteiger partial charge in [0.15, 0.2) is 5.60 Å². The Morgan fingerprint density at radius 2 is 1.66 bits per heavy atom. The second-order valence-electron chi connectivity index (χ2n) is 6.93. The van der Waals surface area contributed by atoms with Gasteiger partial charge in [0, 0.05) is 11.1 Å². The molecule has 0 aliphatic heterocycles. The van der Waals surface area contributed by atoms with E-state index < -0.39 is 29.5 Å². The Morgan fingerprint density at radius 3 is 2.25 bits per heavy atom. The first-order valence-corrected chi connectivity index (χ1v) is 9.68. The van der Waals surface area contributed by atoms with E-state index in [1.54, 1.807) is 12.1 Å². The molecule has 2 amide bonds. The summed E-state index contributed by atoms with van der Waals surface area (Å²) in [7, 11) is 0. The van der Waals surface area contributed by atoms with Gasteiger partial charge in [0.05, 0.1) is 6.54 Å². The van der Waals surface area contributed by atoms with Crippen molar-refractivity contribution in [3.05, 3.63) is 54.8 Å². The number of carbonyl (C=O) groups is 4. The molecule has 10 nitrogen and oxygen atoms in total. The Hall–Kier alpha value is -3.82. The first kappa shape index (κ1) is 26.2. The van der Waals surface area contributed by atoms with Crippen LogP contribution in [0.5, 0.6) is 5.75 Å². The van der Waals surface area contributed by atoms with Crippen molar-refractivity contribution in [3.8, 4) is 5.75 Å². The molecule has 0 unspecified atom stereocenters. The van der Waals surface area contributed by atoms with E-state index in [2.05, 4.69) is 23.8 Å². The van der Waals surface area contributed by atoms with Crippen LogP contribution in [0, 0.1) is 0 Å². The standard InChI is InChI=1S/C22H28N2O8/c1-6-23-21(28)32-22(4,5)18(25)16-7-9-17(10-8-16)29-13-14-31-20(27)24-11-12-30-19(26)15(2)3/h6-10H,1-2,11-14H2,3-5H3,(H,23,28)(H,24,27). The van der Waals surface area contributed by atoms with E-state index in [-0.39, 0.29) is 31.9 Å². The smallest absolute Gasteiger partial charge is 0.412 e. The third-order valence-electron chi connectivity index (χ3n) is 3.77. The lowest BCUT2D eigenvalue weighted by atomic mass is 9.96. The molecule has 0 saturated carbocycles. The lowest BCUT2D eigenvalue weighted by molar-refractivity contribution is -0.138. The second-order valence-corrected chi connectivity index (χ2v) is 6.93. The first-order chi connectivity index (χ1) is 15.1. The Labute approximate surface area is 186 Å². The monoisotopic (exact) mass is 448 g/mol. The van der Waals surface area contributed by atoms with E-state index >= 15 is 0 Å². The molecule has 0 bridgehead atoms. The quantitative estimate of drug-likeness (QED) is 0.164. The number of amides is 2. The molecule has 0 aliphatic carbocycles. The molecule has 0 radical (unpaired) electrons. The highest BCUT2D eigenvalue weighted by molar-refractivity contribution is 6.03. The maximum absolute atomic E-state index is 12.6. The number of rotatable bonds is 12. The number of ether oxygens (including phenoxy) is 4. The van der Waals surface area contributed by atoms with E-state index in [4.69, 9.17) is 18.9 Å². The topological polar surface area (TPSA) is 129 Å². The van der Waals surface area contributed by atoms with Gasteiger partial charge in [-0.3, -0.25) is 10.1 Å². The molecule has 10 heteroatoms. The largest absolute Gasteiger partial charge is 0.490 e. The van der Waals surface area contributed by atoms with Crippen LogP contribution in [-0.2, 0) is 19.0 Å². The van der Waals surface area contributed by atoms with Crippen molar-refractivity contribution in [2.45, 2.75) is 26.4 Å². The molecule has 1 aromatic carbocycles. The summed E-state index contributed by atoms with van der Waals surface area (Å²) in [5, 5.41) is 4.67. The molecule has 32 heavy (non-hydrogen) atoms. The van der Waals surface area contributed by atoms with Gasteiger partial charge >= 0.3 is 18.2 Å². The Morgan fingerprint density at radius 1 is 1.00 bits per heavy atom. The predicted molar refractivity (Wildman–Crippen MR) is 115 cm³/mol. The number of carbonyl (C=O) groups excluding carboxylic acids is 4. The van der Waals surface area contributed by atoms with Crippen LogP contribution in [0.15, 0.2) is 49.2 Å². The first-order valence-electron chi connectivity index (χ1n) is 9.68. The van der Waals surface area contributed by atoms with Gasteiger partial charge in [-0.2, -0.15) is 0 Å². The van der Waals surface area contributed by atoms with Gasteiger partial charge in [-0.1, -0.05) is 13.2 Å². The molecular weight excluding hydrogens is 420 g/mol. The average Bonchev–Trinajstić information content (AvgIpc) is 2.73. The number of Topliss-reactive ketones (excluding diaryl/α,β-unsaturated/α-hetero) is 1. The summed E-state index contributed by atoms with van der Waals surface area (Å²) in [6, 6.07) is 6.22. The summed E-state index contributed by atoms with van der Waals surface area (Å²) < 4.78 is 20.3. The predicted octanol–water partition coefficient (Wildman–Crippen LogP) is 2.74. The van der Waals surface area contributed by atoms with Crippen LogP contribution in [0.3, 0.4) is 0 Å². The van der Waals surface area contributed by atoms with Crippen LogP contribution in [-0.4, -0.2) is 55.9 Å². The zero-order chi connectivity index (χ0) is 24.1. The van der Waals surface area contributed by atoms with E-state index in [0.717, 1.165) is 6.20 Å². The number of esters is 1. The van der Waals surface area contributed by atoms with Gasteiger partial charge in [-0.15, -0.1) is 0 Å². The Bertz CT molecular complexity index is 846. The van der Waals surface area contributed by atoms with Crippen molar-refractivity contribution < 1.29 is 38.1 Å². The van der Waals surface area contributed by atoms with Gasteiger partial charge in [-0.25, -0.2) is 14.4 Å². The number of ketones is 1. The minimum absolute atomic E-state index is 0.00311. The van der Waals surface area contributed by atoms with Gasteiger partial charge in [-0.05, 0) is 51.2 Å². The molecule has 0 aromatic heterocycles. The number of hydrogen-bond acceptors (Lipinski definition) is 8. The van der Waals surface area contributed by atoms with Crippen LogP contribution in [0.4, 0.5) is 9.59 Å². The lowest BCUT2D eigenvalue weighted by Crippen LogP contribution is -2.39. The summed E-state index contributed by atoms with van der Waals surface area (Å²) in [6.07, 6.45) is -0.303. The molecule has 174 valence electrons. The van der Waals surface area contributed by atoms with Crippen LogP contribution in [0.2, 0.25) is 0 Å². The number of nitrogens with one attached hydrogen (secondary N) is 2. The second kappa shape index (κ2) is 12.8. The highest BCUT2D eigenvalue weighted by atomic mass is 16.6. The molecule has 0 aliphatic rings. The van der Waals surface area contributed by atoms with Gasteiger partial charge < -0.3 is 24.3 Å². The van der Waals surface area contributed by atoms with Crippen molar-refractivity contribution in [3.63, 3.8) is 0 Å². The molecule has 0 heterocycles. The highest BCUT2D eigenvalue weighted by Gasteiger charge is 2.32. The van der Waals surface area contributed by atoms with Gasteiger partial charge in [0.1, 0.15) is 25.6 Å². The third-order valence-corrected chi connectivity index (χ3v) is 3.77. The van der Waals surface area contributed by atoms with E-state index in [9.17, 15) is 19.2 Å². The molecule has 0 fully saturated rings. The van der Waals surface area contributed by atoms with E-state index in [0.29, 0.717) is 11.3 Å². The van der Waals surface area contributed by atoms with Crippen LogP contribution < -0.4 is 15.4 Å². The van der Waals surface area contributed by atoms with Crippen molar-refractivity contribution in [1.82, 2.24) is 10.6 Å². The fourth-order valence-electron chi connectivity index (χ4n) is 2.21. The van der Waals surface area contributed by atoms with Crippen molar-refractivity contribution >= 4 is 23.9 Å². The molecular formula is C22H28N2O8. The maximum Gasteiger partial charge on any atom is 0.412 e. The van der Waals surface area contributed by atoms with E-state index in [1.165, 1.54) is 32.9 Å². The third kappa shape index (κ3) is 9.33. The molecule has 0 atom stereocenters. The normalized spacial score (nSPS) is 10.3. The molecule has 2 N–H and O–H groups in total. The zero-order valence-corrected chi connectivity index (χ0v) is 18.4. The molecule has 0 saturated heterocycles. The van der Waals surface area contributed by atoms with Crippen LogP contribution in [0.25, 0.3) is 0 Å². The summed E-state index contributed by atoms with van der Waals surface area (Å²) in [5.74, 6) is -0.465. The van der Waals surface area contributed by atoms with E-state index in [1.807, 2.05) is 0 Å². The summed E-state index contributed by atoms with van der Waals surface area (Å²) >= 11 is 0. The summed E-state index contributed by atoms with van der Waals surface area (Å²) in [5.41, 5.74) is -0.772. The van der Waals surface area contributed by atoms with Crippen LogP contribution in [0.1, 0.15) is 31.1 Å². The van der Waals surface area contributed by atoms with Crippen molar-refractivity contribution in [2.24, 2.45) is 0 Å². The van der Waals surface area contributed by atoms with Gasteiger partial charge in [0.2, 0.25) is 5.78 Å². The number of alkyl carbamates (subject to hydrolysis) is 2. The highest BCUT2D eigenvalue weighted by Crippen LogP contribution is 2.20. The minimum Gasteiger partial charge on any atom is -0.490 e. The summed E-state index contributed by atoms with van der Waals surface area (Å²) in [4.78, 5) is 46.8. The van der Waals surface area contributed by atoms with Crippen LogP contribution >= 0.6 is 0 Å². The van der Waals surface area contributed by atoms with Gasteiger partial charge in [0.25, 0.3) is 0 Å². The van der Waals surface area contributed by atoms with Crippen molar-refractivity contribution in [1.29, 1.82) is 0 Å². The zero-order valence-electron chi connectivity index (χ0n) is 18.4. The molecule has 1 aromatic rings. The fourth-order valence-corrected chi connectivity index (χ4v) is 2.21.